The van der Waals surface area contributed by atoms with Crippen molar-refractivity contribution in [1.29, 1.82) is 5.26 Å². The van der Waals surface area contributed by atoms with Gasteiger partial charge in [0.1, 0.15) is 5.41 Å². The van der Waals surface area contributed by atoms with Crippen LogP contribution >= 0.6 is 0 Å². The molecule has 1 fully saturated rings. The lowest BCUT2D eigenvalue weighted by Crippen LogP contribution is -2.43. The average molecular weight is 278 g/mol. The zero-order valence-electron chi connectivity index (χ0n) is 13.2. The van der Waals surface area contributed by atoms with Crippen LogP contribution in [0.25, 0.3) is 0 Å². The molecule has 0 aromatic rings. The summed E-state index contributed by atoms with van der Waals surface area (Å²) in [5, 5.41) is 12.6. The maximum absolute atomic E-state index is 12.5. The summed E-state index contributed by atoms with van der Waals surface area (Å²) in [5.74, 6) is -0.0232. The third kappa shape index (κ3) is 5.15. The van der Waals surface area contributed by atoms with E-state index in [1.54, 1.807) is 0 Å². The Morgan fingerprint density at radius 1 is 1.20 bits per heavy atom. The molecule has 3 heteroatoms. The highest BCUT2D eigenvalue weighted by molar-refractivity contribution is 5.85. The fourth-order valence-corrected chi connectivity index (χ4v) is 3.03. The number of amides is 1. The molecule has 20 heavy (non-hydrogen) atoms. The minimum absolute atomic E-state index is 0.0232. The van der Waals surface area contributed by atoms with E-state index in [9.17, 15) is 10.1 Å². The number of nitrogens with zero attached hydrogens (tertiary/aromatic N) is 1. The second-order valence-corrected chi connectivity index (χ2v) is 6.33. The van der Waals surface area contributed by atoms with Crippen LogP contribution in [0.3, 0.4) is 0 Å². The molecule has 1 N–H and O–H groups in total. The maximum atomic E-state index is 12.5. The largest absolute Gasteiger partial charge is 0.352 e. The van der Waals surface area contributed by atoms with E-state index in [4.69, 9.17) is 0 Å². The molecule has 0 spiro atoms. The molecule has 114 valence electrons. The van der Waals surface area contributed by atoms with Crippen LogP contribution in [0.4, 0.5) is 0 Å². The summed E-state index contributed by atoms with van der Waals surface area (Å²) in [6.45, 7) is 4.26. The van der Waals surface area contributed by atoms with E-state index < -0.39 is 5.41 Å². The third-order valence-electron chi connectivity index (χ3n) is 4.47. The van der Waals surface area contributed by atoms with Gasteiger partial charge in [-0.2, -0.15) is 5.26 Å². The molecule has 1 amide bonds. The molecule has 1 atom stereocenters. The number of carbonyl (C=O) groups is 1. The molecule has 1 aliphatic rings. The Morgan fingerprint density at radius 2 is 1.85 bits per heavy atom. The van der Waals surface area contributed by atoms with E-state index in [0.29, 0.717) is 0 Å². The van der Waals surface area contributed by atoms with Gasteiger partial charge < -0.3 is 5.32 Å². The first-order chi connectivity index (χ1) is 9.64. The van der Waals surface area contributed by atoms with Gasteiger partial charge in [-0.1, -0.05) is 58.3 Å². The number of carbonyl (C=O) groups excluding carboxylic acids is 1. The Balaban J connectivity index is 2.44. The second-order valence-electron chi connectivity index (χ2n) is 6.33. The van der Waals surface area contributed by atoms with Gasteiger partial charge >= 0.3 is 0 Å². The molecular formula is C17H30N2O. The Kier molecular flexibility index (Phi) is 7.65. The lowest BCUT2D eigenvalue weighted by molar-refractivity contribution is -0.129. The fraction of sp³-hybridized carbons (Fsp3) is 0.882. The first kappa shape index (κ1) is 17.0. The van der Waals surface area contributed by atoms with Gasteiger partial charge in [-0.15, -0.1) is 0 Å². The first-order valence-electron chi connectivity index (χ1n) is 8.37. The third-order valence-corrected chi connectivity index (χ3v) is 4.47. The van der Waals surface area contributed by atoms with Gasteiger partial charge in [0.2, 0.25) is 5.91 Å². The minimum Gasteiger partial charge on any atom is -0.352 e. The minimum atomic E-state index is -0.756. The highest BCUT2D eigenvalue weighted by Crippen LogP contribution is 2.34. The molecule has 0 aliphatic heterocycles. The summed E-state index contributed by atoms with van der Waals surface area (Å²) in [6, 6.07) is 2.51. The maximum Gasteiger partial charge on any atom is 0.240 e. The molecule has 1 rings (SSSR count). The van der Waals surface area contributed by atoms with Gasteiger partial charge in [0, 0.05) is 6.04 Å². The summed E-state index contributed by atoms with van der Waals surface area (Å²) < 4.78 is 0. The van der Waals surface area contributed by atoms with Crippen molar-refractivity contribution in [3.8, 4) is 6.07 Å². The monoisotopic (exact) mass is 278 g/mol. The number of hydrogen-bond acceptors (Lipinski definition) is 2. The predicted octanol–water partition coefficient (Wildman–Crippen LogP) is 4.33. The predicted molar refractivity (Wildman–Crippen MR) is 82.1 cm³/mol. The van der Waals surface area contributed by atoms with Crippen molar-refractivity contribution in [1.82, 2.24) is 5.32 Å². The van der Waals surface area contributed by atoms with Gasteiger partial charge in [-0.25, -0.2) is 0 Å². The van der Waals surface area contributed by atoms with Crippen LogP contribution in [0.2, 0.25) is 0 Å². The summed E-state index contributed by atoms with van der Waals surface area (Å²) in [6.07, 6.45) is 11.7. The molecule has 0 bridgehead atoms. The van der Waals surface area contributed by atoms with Gasteiger partial charge in [0.15, 0.2) is 0 Å². The summed E-state index contributed by atoms with van der Waals surface area (Å²) in [4.78, 5) is 12.5. The number of rotatable bonds is 7. The molecule has 1 unspecified atom stereocenters. The van der Waals surface area contributed by atoms with E-state index in [-0.39, 0.29) is 11.9 Å². The molecule has 3 nitrogen and oxygen atoms in total. The van der Waals surface area contributed by atoms with E-state index in [2.05, 4.69) is 25.2 Å². The highest BCUT2D eigenvalue weighted by Gasteiger charge is 2.39. The molecule has 1 saturated carbocycles. The summed E-state index contributed by atoms with van der Waals surface area (Å²) in [5.41, 5.74) is -0.756. The Bertz CT molecular complexity index is 324. The van der Waals surface area contributed by atoms with Crippen molar-refractivity contribution in [3.63, 3.8) is 0 Å². The van der Waals surface area contributed by atoms with Gasteiger partial charge in [-0.05, 0) is 26.2 Å². The van der Waals surface area contributed by atoms with Crippen LogP contribution in [0.1, 0.15) is 84.5 Å². The van der Waals surface area contributed by atoms with E-state index in [1.165, 1.54) is 19.3 Å². The Hall–Kier alpha value is -1.04. The molecule has 0 aromatic carbocycles. The van der Waals surface area contributed by atoms with Crippen molar-refractivity contribution in [2.24, 2.45) is 5.41 Å². The highest BCUT2D eigenvalue weighted by atomic mass is 16.2. The van der Waals surface area contributed by atoms with Crippen molar-refractivity contribution in [2.45, 2.75) is 90.5 Å². The zero-order valence-corrected chi connectivity index (χ0v) is 13.2. The lowest BCUT2D eigenvalue weighted by atomic mass is 9.80. The van der Waals surface area contributed by atoms with Crippen LogP contribution in [0.5, 0.6) is 0 Å². The number of hydrogen-bond donors (Lipinski definition) is 1. The van der Waals surface area contributed by atoms with Crippen LogP contribution in [-0.2, 0) is 4.79 Å². The van der Waals surface area contributed by atoms with E-state index >= 15 is 0 Å². The number of unbranched alkanes of at least 4 members (excludes halogenated alkanes) is 3. The van der Waals surface area contributed by atoms with Crippen molar-refractivity contribution in [3.05, 3.63) is 0 Å². The van der Waals surface area contributed by atoms with Crippen molar-refractivity contribution < 1.29 is 4.79 Å². The molecule has 0 saturated heterocycles. The van der Waals surface area contributed by atoms with Crippen LogP contribution < -0.4 is 5.32 Å². The smallest absolute Gasteiger partial charge is 0.240 e. The topological polar surface area (TPSA) is 52.9 Å². The number of nitriles is 1. The quantitative estimate of drug-likeness (QED) is 0.557. The van der Waals surface area contributed by atoms with Crippen molar-refractivity contribution in [2.75, 3.05) is 0 Å². The van der Waals surface area contributed by atoms with Crippen LogP contribution in [-0.4, -0.2) is 11.9 Å². The van der Waals surface area contributed by atoms with E-state index in [1.807, 2.05) is 0 Å². The Labute approximate surface area is 124 Å². The second kappa shape index (κ2) is 9.00. The molecule has 0 aromatic heterocycles. The summed E-state index contributed by atoms with van der Waals surface area (Å²) >= 11 is 0. The van der Waals surface area contributed by atoms with Gasteiger partial charge in [0.05, 0.1) is 6.07 Å². The average Bonchev–Trinajstić information content (AvgIpc) is 2.70. The zero-order chi connectivity index (χ0) is 14.8. The molecule has 0 radical (unpaired) electrons. The fourth-order valence-electron chi connectivity index (χ4n) is 3.03. The van der Waals surface area contributed by atoms with Crippen LogP contribution in [0, 0.1) is 16.7 Å². The standard InChI is InChI=1S/C17H30N2O/c1-3-4-5-8-11-15(2)19-16(20)17(14-18)12-9-6-7-10-13-17/h15H,3-13H2,1-2H3,(H,19,20). The van der Waals surface area contributed by atoms with E-state index in [0.717, 1.165) is 51.4 Å². The number of nitrogens with one attached hydrogen (secondary N) is 1. The first-order valence-corrected chi connectivity index (χ1v) is 8.37. The molecule has 1 aliphatic carbocycles. The SMILES string of the molecule is CCCCCCC(C)NC(=O)C1(C#N)CCCCCC1. The molecular weight excluding hydrogens is 248 g/mol. The Morgan fingerprint density at radius 3 is 2.40 bits per heavy atom. The molecule has 0 heterocycles. The van der Waals surface area contributed by atoms with Gasteiger partial charge in [0.25, 0.3) is 0 Å². The lowest BCUT2D eigenvalue weighted by Gasteiger charge is -2.26. The summed E-state index contributed by atoms with van der Waals surface area (Å²) in [7, 11) is 0. The van der Waals surface area contributed by atoms with Crippen molar-refractivity contribution >= 4 is 5.91 Å². The van der Waals surface area contributed by atoms with Gasteiger partial charge in [-0.3, -0.25) is 4.79 Å². The van der Waals surface area contributed by atoms with Crippen LogP contribution in [0.15, 0.2) is 0 Å². The normalized spacial score (nSPS) is 19.6.